The number of anilines is 1. The zero-order chi connectivity index (χ0) is 14.8. The van der Waals surface area contributed by atoms with Crippen LogP contribution >= 0.6 is 0 Å². The summed E-state index contributed by atoms with van der Waals surface area (Å²) in [5.74, 6) is 0.928. The van der Waals surface area contributed by atoms with Crippen LogP contribution < -0.4 is 10.6 Å². The van der Waals surface area contributed by atoms with Gasteiger partial charge in [0.25, 0.3) is 0 Å². The van der Waals surface area contributed by atoms with Gasteiger partial charge in [-0.05, 0) is 63.5 Å². The molecule has 1 aromatic carbocycles. The lowest BCUT2D eigenvalue weighted by Crippen LogP contribution is -2.47. The summed E-state index contributed by atoms with van der Waals surface area (Å²) in [6, 6.07) is 7.99. The fraction of sp³-hybridized carbons (Fsp3) is 0.684. The van der Waals surface area contributed by atoms with Gasteiger partial charge >= 0.3 is 0 Å². The van der Waals surface area contributed by atoms with Crippen molar-refractivity contribution in [3.05, 3.63) is 29.3 Å². The molecule has 0 bridgehead atoms. The molecule has 0 radical (unpaired) electrons. The van der Waals surface area contributed by atoms with Gasteiger partial charge in [-0.25, -0.2) is 0 Å². The van der Waals surface area contributed by atoms with Gasteiger partial charge in [-0.3, -0.25) is 0 Å². The third kappa shape index (κ3) is 3.26. The van der Waals surface area contributed by atoms with Crippen LogP contribution in [0.25, 0.3) is 0 Å². The normalized spacial score (nSPS) is 27.3. The Kier molecular flexibility index (Phi) is 4.54. The lowest BCUT2D eigenvalue weighted by Gasteiger charge is -2.46. The van der Waals surface area contributed by atoms with Crippen molar-refractivity contribution in [2.45, 2.75) is 70.9 Å². The van der Waals surface area contributed by atoms with E-state index >= 15 is 0 Å². The molecule has 2 heteroatoms. The highest BCUT2D eigenvalue weighted by atomic mass is 15.2. The van der Waals surface area contributed by atoms with E-state index < -0.39 is 0 Å². The zero-order valence-corrected chi connectivity index (χ0v) is 13.6. The van der Waals surface area contributed by atoms with E-state index in [0.717, 1.165) is 18.4 Å². The maximum absolute atomic E-state index is 6.09. The monoisotopic (exact) mass is 286 g/mol. The summed E-state index contributed by atoms with van der Waals surface area (Å²) in [5, 5.41) is 0. The third-order valence-electron chi connectivity index (χ3n) is 5.33. The molecular formula is C19H30N2. The van der Waals surface area contributed by atoms with Crippen LogP contribution in [0.15, 0.2) is 18.2 Å². The molecule has 1 heterocycles. The molecule has 2 fully saturated rings. The highest BCUT2D eigenvalue weighted by molar-refractivity contribution is 5.56. The summed E-state index contributed by atoms with van der Waals surface area (Å²) >= 11 is 0. The molecule has 2 aliphatic rings. The van der Waals surface area contributed by atoms with Crippen LogP contribution in [0, 0.1) is 12.8 Å². The van der Waals surface area contributed by atoms with Crippen molar-refractivity contribution in [2.75, 3.05) is 11.4 Å². The minimum absolute atomic E-state index is 0.234. The maximum Gasteiger partial charge on any atom is 0.0402 e. The van der Waals surface area contributed by atoms with Crippen LogP contribution in [0.3, 0.4) is 0 Å². The molecule has 1 aliphatic carbocycles. The summed E-state index contributed by atoms with van der Waals surface area (Å²) in [6.07, 6.45) is 9.46. The Morgan fingerprint density at radius 1 is 1.19 bits per heavy atom. The molecule has 116 valence electrons. The lowest BCUT2D eigenvalue weighted by atomic mass is 9.78. The van der Waals surface area contributed by atoms with Crippen LogP contribution in [-0.2, 0) is 6.42 Å². The second-order valence-electron chi connectivity index (χ2n) is 7.26. The summed E-state index contributed by atoms with van der Waals surface area (Å²) < 4.78 is 0. The van der Waals surface area contributed by atoms with Crippen molar-refractivity contribution in [3.63, 3.8) is 0 Å². The van der Waals surface area contributed by atoms with Crippen LogP contribution in [0.2, 0.25) is 0 Å². The van der Waals surface area contributed by atoms with E-state index in [1.165, 1.54) is 61.9 Å². The first kappa shape index (κ1) is 14.9. The lowest BCUT2D eigenvalue weighted by molar-refractivity contribution is 0.243. The Morgan fingerprint density at radius 2 is 1.95 bits per heavy atom. The van der Waals surface area contributed by atoms with Gasteiger partial charge in [0.1, 0.15) is 0 Å². The van der Waals surface area contributed by atoms with Gasteiger partial charge in [0.05, 0.1) is 0 Å². The second-order valence-corrected chi connectivity index (χ2v) is 7.26. The molecule has 2 nitrogen and oxygen atoms in total. The van der Waals surface area contributed by atoms with Gasteiger partial charge in [-0.2, -0.15) is 0 Å². The van der Waals surface area contributed by atoms with E-state index in [1.54, 1.807) is 0 Å². The minimum Gasteiger partial charge on any atom is -0.368 e. The molecule has 0 aromatic heterocycles. The van der Waals surface area contributed by atoms with E-state index in [9.17, 15) is 0 Å². The van der Waals surface area contributed by atoms with Gasteiger partial charge in [0.2, 0.25) is 0 Å². The SMILES string of the molecule is Cc1ccc(N2CCCC3CCCCC32)c(CC(C)N)c1. The number of piperidine rings is 1. The number of rotatable bonds is 3. The standard InChI is InChI=1S/C19H30N2/c1-14-9-10-19(17(12-14)13-15(2)20)21-11-5-7-16-6-3-4-8-18(16)21/h9-10,12,15-16,18H,3-8,11,13,20H2,1-2H3. The van der Waals surface area contributed by atoms with Gasteiger partial charge in [-0.1, -0.05) is 30.5 Å². The summed E-state index contributed by atoms with van der Waals surface area (Å²) in [4.78, 5) is 2.73. The molecule has 1 saturated heterocycles. The Bertz CT molecular complexity index is 478. The predicted molar refractivity (Wildman–Crippen MR) is 90.9 cm³/mol. The predicted octanol–water partition coefficient (Wildman–Crippen LogP) is 4.04. The first-order chi connectivity index (χ1) is 10.1. The number of fused-ring (bicyclic) bond motifs is 1. The van der Waals surface area contributed by atoms with Crippen molar-refractivity contribution >= 4 is 5.69 Å². The summed E-state index contributed by atoms with van der Waals surface area (Å²) in [7, 11) is 0. The number of nitrogens with two attached hydrogens (primary N) is 1. The Hall–Kier alpha value is -1.02. The maximum atomic E-state index is 6.09. The Morgan fingerprint density at radius 3 is 2.76 bits per heavy atom. The van der Waals surface area contributed by atoms with Crippen LogP contribution in [0.4, 0.5) is 5.69 Å². The highest BCUT2D eigenvalue weighted by Crippen LogP contribution is 2.39. The van der Waals surface area contributed by atoms with Crippen molar-refractivity contribution in [2.24, 2.45) is 11.7 Å². The minimum atomic E-state index is 0.234. The summed E-state index contributed by atoms with van der Waals surface area (Å²) in [6.45, 7) is 5.54. The zero-order valence-electron chi connectivity index (χ0n) is 13.6. The van der Waals surface area contributed by atoms with Crippen LogP contribution in [0.5, 0.6) is 0 Å². The van der Waals surface area contributed by atoms with E-state index in [1.807, 2.05) is 0 Å². The van der Waals surface area contributed by atoms with E-state index in [-0.39, 0.29) is 6.04 Å². The molecule has 3 atom stereocenters. The van der Waals surface area contributed by atoms with E-state index in [4.69, 9.17) is 5.73 Å². The van der Waals surface area contributed by atoms with Gasteiger partial charge in [-0.15, -0.1) is 0 Å². The highest BCUT2D eigenvalue weighted by Gasteiger charge is 2.34. The van der Waals surface area contributed by atoms with Gasteiger partial charge < -0.3 is 10.6 Å². The smallest absolute Gasteiger partial charge is 0.0402 e. The summed E-state index contributed by atoms with van der Waals surface area (Å²) in [5.41, 5.74) is 10.4. The van der Waals surface area contributed by atoms with Crippen LogP contribution in [-0.4, -0.2) is 18.6 Å². The Balaban J connectivity index is 1.90. The molecule has 3 rings (SSSR count). The van der Waals surface area contributed by atoms with Crippen molar-refractivity contribution in [1.82, 2.24) is 0 Å². The topological polar surface area (TPSA) is 29.3 Å². The average molecular weight is 286 g/mol. The average Bonchev–Trinajstić information content (AvgIpc) is 2.46. The molecule has 0 spiro atoms. The molecule has 1 saturated carbocycles. The quantitative estimate of drug-likeness (QED) is 0.908. The second kappa shape index (κ2) is 6.39. The third-order valence-corrected chi connectivity index (χ3v) is 5.33. The molecule has 0 amide bonds. The van der Waals surface area contributed by atoms with Gasteiger partial charge in [0.15, 0.2) is 0 Å². The number of benzene rings is 1. The number of nitrogens with zero attached hydrogens (tertiary/aromatic N) is 1. The van der Waals surface area contributed by atoms with Crippen molar-refractivity contribution in [1.29, 1.82) is 0 Å². The van der Waals surface area contributed by atoms with Crippen LogP contribution in [0.1, 0.15) is 56.6 Å². The van der Waals surface area contributed by atoms with Crippen molar-refractivity contribution in [3.8, 4) is 0 Å². The first-order valence-corrected chi connectivity index (χ1v) is 8.77. The Labute approximate surface area is 129 Å². The first-order valence-electron chi connectivity index (χ1n) is 8.77. The van der Waals surface area contributed by atoms with Gasteiger partial charge in [0, 0.05) is 24.3 Å². The number of aryl methyl sites for hydroxylation is 1. The molecule has 3 unspecified atom stereocenters. The molecule has 1 aliphatic heterocycles. The number of hydrogen-bond acceptors (Lipinski definition) is 2. The molecular weight excluding hydrogens is 256 g/mol. The van der Waals surface area contributed by atoms with E-state index in [0.29, 0.717) is 0 Å². The van der Waals surface area contributed by atoms with Crippen molar-refractivity contribution < 1.29 is 0 Å². The van der Waals surface area contributed by atoms with E-state index in [2.05, 4.69) is 36.9 Å². The molecule has 2 N–H and O–H groups in total. The molecule has 1 aromatic rings. The number of hydrogen-bond donors (Lipinski definition) is 1. The molecule has 21 heavy (non-hydrogen) atoms. The fourth-order valence-electron chi connectivity index (χ4n) is 4.43. The fourth-order valence-corrected chi connectivity index (χ4v) is 4.43. The largest absolute Gasteiger partial charge is 0.368 e.